The molecule has 0 aliphatic rings. The maximum Gasteiger partial charge on any atom is 0.335 e. The van der Waals surface area contributed by atoms with Gasteiger partial charge in [-0.15, -0.1) is 0 Å². The zero-order chi connectivity index (χ0) is 14.0. The molecule has 2 rings (SSSR count). The summed E-state index contributed by atoms with van der Waals surface area (Å²) in [6.45, 7) is 3.67. The number of aromatic nitrogens is 1. The van der Waals surface area contributed by atoms with Crippen LogP contribution in [0.4, 0.5) is 11.5 Å². The van der Waals surface area contributed by atoms with Gasteiger partial charge in [0.05, 0.1) is 16.3 Å². The van der Waals surface area contributed by atoms with Crippen LogP contribution in [0.3, 0.4) is 0 Å². The van der Waals surface area contributed by atoms with Gasteiger partial charge in [0.2, 0.25) is 0 Å². The molecule has 0 aliphatic carbocycles. The summed E-state index contributed by atoms with van der Waals surface area (Å²) in [5.41, 5.74) is 2.53. The van der Waals surface area contributed by atoms with Gasteiger partial charge in [0.1, 0.15) is 5.82 Å². The van der Waals surface area contributed by atoms with Gasteiger partial charge >= 0.3 is 5.97 Å². The van der Waals surface area contributed by atoms with Crippen LogP contribution in [0.1, 0.15) is 21.6 Å². The van der Waals surface area contributed by atoms with Crippen molar-refractivity contribution in [2.24, 2.45) is 0 Å². The van der Waals surface area contributed by atoms with E-state index in [1.54, 1.807) is 13.0 Å². The third-order valence-corrected chi connectivity index (χ3v) is 2.99. The predicted octanol–water partition coefficient (Wildman–Crippen LogP) is 3.79. The Hall–Kier alpha value is -2.07. The standard InChI is InChI=1S/C14H13ClN2O2/c1-8-4-3-5-11(15)13(8)17-12-7-10(14(18)19)6-9(2)16-12/h3-7H,1-2H3,(H,16,17)(H,18,19). The average molecular weight is 277 g/mol. The average Bonchev–Trinajstić information content (AvgIpc) is 2.33. The fraction of sp³-hybridized carbons (Fsp3) is 0.143. The lowest BCUT2D eigenvalue weighted by Crippen LogP contribution is -2.03. The van der Waals surface area contributed by atoms with Crippen molar-refractivity contribution in [3.63, 3.8) is 0 Å². The van der Waals surface area contributed by atoms with E-state index in [2.05, 4.69) is 10.3 Å². The van der Waals surface area contributed by atoms with E-state index >= 15 is 0 Å². The molecule has 0 saturated carbocycles. The van der Waals surface area contributed by atoms with Crippen molar-refractivity contribution >= 4 is 29.1 Å². The summed E-state index contributed by atoms with van der Waals surface area (Å²) in [7, 11) is 0. The third-order valence-electron chi connectivity index (χ3n) is 2.68. The van der Waals surface area contributed by atoms with E-state index in [-0.39, 0.29) is 5.56 Å². The van der Waals surface area contributed by atoms with Crippen LogP contribution in [-0.2, 0) is 0 Å². The molecule has 0 bridgehead atoms. The Balaban J connectivity index is 2.41. The van der Waals surface area contributed by atoms with Gasteiger partial charge in [-0.2, -0.15) is 0 Å². The van der Waals surface area contributed by atoms with Crippen molar-refractivity contribution in [2.45, 2.75) is 13.8 Å². The van der Waals surface area contributed by atoms with Crippen molar-refractivity contribution in [1.29, 1.82) is 0 Å². The van der Waals surface area contributed by atoms with Gasteiger partial charge in [-0.3, -0.25) is 0 Å². The molecule has 0 fully saturated rings. The summed E-state index contributed by atoms with van der Waals surface area (Å²) in [5, 5.41) is 12.7. The van der Waals surface area contributed by atoms with Gasteiger partial charge < -0.3 is 10.4 Å². The highest BCUT2D eigenvalue weighted by Gasteiger charge is 2.09. The monoisotopic (exact) mass is 276 g/mol. The van der Waals surface area contributed by atoms with Gasteiger partial charge in [0.15, 0.2) is 0 Å². The zero-order valence-electron chi connectivity index (χ0n) is 10.6. The number of pyridine rings is 1. The smallest absolute Gasteiger partial charge is 0.335 e. The molecule has 0 amide bonds. The summed E-state index contributed by atoms with van der Waals surface area (Å²) in [6.07, 6.45) is 0. The largest absolute Gasteiger partial charge is 0.478 e. The Morgan fingerprint density at radius 3 is 2.68 bits per heavy atom. The normalized spacial score (nSPS) is 10.3. The minimum absolute atomic E-state index is 0.194. The molecule has 0 unspecified atom stereocenters. The maximum absolute atomic E-state index is 11.0. The number of halogens is 1. The Morgan fingerprint density at radius 1 is 1.32 bits per heavy atom. The first kappa shape index (κ1) is 13.4. The van der Waals surface area contributed by atoms with Gasteiger partial charge in [0.25, 0.3) is 0 Å². The highest BCUT2D eigenvalue weighted by molar-refractivity contribution is 6.33. The number of carboxylic acids is 1. The van der Waals surface area contributed by atoms with E-state index in [0.717, 1.165) is 11.3 Å². The number of rotatable bonds is 3. The highest BCUT2D eigenvalue weighted by Crippen LogP contribution is 2.28. The van der Waals surface area contributed by atoms with E-state index in [4.69, 9.17) is 16.7 Å². The molecule has 0 spiro atoms. The molecule has 98 valence electrons. The van der Waals surface area contributed by atoms with Gasteiger partial charge in [-0.1, -0.05) is 23.7 Å². The molecule has 0 aliphatic heterocycles. The van der Waals surface area contributed by atoms with Crippen LogP contribution in [0.5, 0.6) is 0 Å². The summed E-state index contributed by atoms with van der Waals surface area (Å²) in [6, 6.07) is 8.55. The summed E-state index contributed by atoms with van der Waals surface area (Å²) in [5.74, 6) is -0.516. The number of anilines is 2. The fourth-order valence-electron chi connectivity index (χ4n) is 1.77. The van der Waals surface area contributed by atoms with Crippen molar-refractivity contribution < 1.29 is 9.90 Å². The van der Waals surface area contributed by atoms with E-state index in [1.807, 2.05) is 19.1 Å². The molecule has 1 heterocycles. The van der Waals surface area contributed by atoms with Crippen molar-refractivity contribution in [1.82, 2.24) is 4.98 Å². The second kappa shape index (κ2) is 5.28. The first-order valence-electron chi connectivity index (χ1n) is 5.71. The molecule has 0 atom stereocenters. The topological polar surface area (TPSA) is 62.2 Å². The third kappa shape index (κ3) is 3.03. The van der Waals surface area contributed by atoms with Crippen LogP contribution < -0.4 is 5.32 Å². The lowest BCUT2D eigenvalue weighted by atomic mass is 10.2. The van der Waals surface area contributed by atoms with Gasteiger partial charge in [0, 0.05) is 5.69 Å². The molecular formula is C14H13ClN2O2. The first-order chi connectivity index (χ1) is 8.97. The number of nitrogens with one attached hydrogen (secondary N) is 1. The molecule has 4 nitrogen and oxygen atoms in total. The summed E-state index contributed by atoms with van der Waals surface area (Å²) in [4.78, 5) is 15.3. The molecule has 1 aromatic heterocycles. The van der Waals surface area contributed by atoms with E-state index < -0.39 is 5.97 Å². The highest BCUT2D eigenvalue weighted by atomic mass is 35.5. The van der Waals surface area contributed by atoms with Crippen molar-refractivity contribution in [3.8, 4) is 0 Å². The summed E-state index contributed by atoms with van der Waals surface area (Å²) < 4.78 is 0. The van der Waals surface area contributed by atoms with Crippen LogP contribution in [0.2, 0.25) is 5.02 Å². The van der Waals surface area contributed by atoms with Crippen LogP contribution >= 0.6 is 11.6 Å². The number of aromatic carboxylic acids is 1. The molecular weight excluding hydrogens is 264 g/mol. The Morgan fingerprint density at radius 2 is 2.05 bits per heavy atom. The number of carboxylic acid groups (broad SMARTS) is 1. The number of hydrogen-bond donors (Lipinski definition) is 2. The van der Waals surface area contributed by atoms with E-state index in [0.29, 0.717) is 16.5 Å². The molecule has 0 radical (unpaired) electrons. The Kier molecular flexibility index (Phi) is 3.71. The number of nitrogens with zero attached hydrogens (tertiary/aromatic N) is 1. The van der Waals surface area contributed by atoms with Crippen molar-refractivity contribution in [2.75, 3.05) is 5.32 Å². The number of para-hydroxylation sites is 1. The first-order valence-corrected chi connectivity index (χ1v) is 6.09. The number of benzene rings is 1. The lowest BCUT2D eigenvalue weighted by Gasteiger charge is -2.11. The molecule has 2 N–H and O–H groups in total. The lowest BCUT2D eigenvalue weighted by molar-refractivity contribution is 0.0696. The van der Waals surface area contributed by atoms with Crippen LogP contribution in [0.25, 0.3) is 0 Å². The molecule has 0 saturated heterocycles. The number of aryl methyl sites for hydroxylation is 2. The molecule has 2 aromatic rings. The fourth-order valence-corrected chi connectivity index (χ4v) is 2.04. The van der Waals surface area contributed by atoms with Gasteiger partial charge in [-0.25, -0.2) is 9.78 Å². The predicted molar refractivity (Wildman–Crippen MR) is 75.4 cm³/mol. The quantitative estimate of drug-likeness (QED) is 0.895. The van der Waals surface area contributed by atoms with Crippen LogP contribution in [0, 0.1) is 13.8 Å². The minimum Gasteiger partial charge on any atom is -0.478 e. The molecule has 19 heavy (non-hydrogen) atoms. The SMILES string of the molecule is Cc1cc(C(=O)O)cc(Nc2c(C)cccc2Cl)n1. The maximum atomic E-state index is 11.0. The second-order valence-corrected chi connectivity index (χ2v) is 4.65. The van der Waals surface area contributed by atoms with E-state index in [9.17, 15) is 4.79 Å². The second-order valence-electron chi connectivity index (χ2n) is 4.24. The number of hydrogen-bond acceptors (Lipinski definition) is 3. The molecule has 5 heteroatoms. The minimum atomic E-state index is -0.982. The number of carbonyl (C=O) groups is 1. The van der Waals surface area contributed by atoms with E-state index in [1.165, 1.54) is 12.1 Å². The molecule has 1 aromatic carbocycles. The summed E-state index contributed by atoms with van der Waals surface area (Å²) >= 11 is 6.11. The zero-order valence-corrected chi connectivity index (χ0v) is 11.3. The van der Waals surface area contributed by atoms with Crippen LogP contribution in [0.15, 0.2) is 30.3 Å². The van der Waals surface area contributed by atoms with Gasteiger partial charge in [-0.05, 0) is 37.6 Å². The van der Waals surface area contributed by atoms with Crippen molar-refractivity contribution in [3.05, 3.63) is 52.2 Å². The Labute approximate surface area is 116 Å². The Bertz CT molecular complexity index is 621. The van der Waals surface area contributed by atoms with Crippen LogP contribution in [-0.4, -0.2) is 16.1 Å².